The minimum atomic E-state index is -3.81. The number of carbonyl (C=O) groups is 1. The van der Waals surface area contributed by atoms with E-state index in [9.17, 15) is 13.2 Å². The first-order chi connectivity index (χ1) is 9.95. The fourth-order valence-corrected chi connectivity index (χ4v) is 3.98. The summed E-state index contributed by atoms with van der Waals surface area (Å²) in [6, 6.07) is -0.273. The van der Waals surface area contributed by atoms with Crippen LogP contribution < -0.4 is 11.1 Å². The van der Waals surface area contributed by atoms with Crippen molar-refractivity contribution in [3.63, 3.8) is 0 Å². The Balaban J connectivity index is 2.31. The highest BCUT2D eigenvalue weighted by Crippen LogP contribution is 2.20. The lowest BCUT2D eigenvalue weighted by Crippen LogP contribution is -2.51. The number of sulfonamides is 1. The van der Waals surface area contributed by atoms with E-state index >= 15 is 0 Å². The number of H-pyrrole nitrogens is 1. The van der Waals surface area contributed by atoms with Crippen molar-refractivity contribution in [1.29, 1.82) is 0 Å². The fourth-order valence-electron chi connectivity index (χ4n) is 2.42. The van der Waals surface area contributed by atoms with Crippen molar-refractivity contribution in [3.05, 3.63) is 12.0 Å². The van der Waals surface area contributed by atoms with Crippen LogP contribution in [-0.2, 0) is 21.2 Å². The molecule has 0 spiro atoms. The van der Waals surface area contributed by atoms with Gasteiger partial charge in [-0.1, -0.05) is 6.92 Å². The van der Waals surface area contributed by atoms with Gasteiger partial charge in [0.25, 0.3) is 10.0 Å². The monoisotopic (exact) mass is 315 g/mol. The van der Waals surface area contributed by atoms with Crippen molar-refractivity contribution >= 4 is 15.9 Å². The summed E-state index contributed by atoms with van der Waals surface area (Å²) in [7, 11) is -3.81. The van der Waals surface area contributed by atoms with E-state index < -0.39 is 15.9 Å². The molecule has 1 unspecified atom stereocenters. The zero-order valence-electron chi connectivity index (χ0n) is 12.0. The van der Waals surface area contributed by atoms with Gasteiger partial charge in [-0.25, -0.2) is 13.4 Å². The first kappa shape index (κ1) is 15.9. The van der Waals surface area contributed by atoms with Gasteiger partial charge in [0.05, 0.1) is 12.7 Å². The molecule has 0 saturated carbocycles. The molecule has 1 aromatic heterocycles. The Labute approximate surface area is 124 Å². The molecule has 9 heteroatoms. The van der Waals surface area contributed by atoms with E-state index in [4.69, 9.17) is 5.73 Å². The zero-order valence-corrected chi connectivity index (χ0v) is 12.8. The van der Waals surface area contributed by atoms with Crippen LogP contribution in [0.15, 0.2) is 11.2 Å². The van der Waals surface area contributed by atoms with Crippen LogP contribution >= 0.6 is 0 Å². The van der Waals surface area contributed by atoms with Crippen molar-refractivity contribution in [2.75, 3.05) is 19.6 Å². The van der Waals surface area contributed by atoms with E-state index in [1.807, 2.05) is 6.92 Å². The minimum absolute atomic E-state index is 0.00572. The van der Waals surface area contributed by atoms with Crippen molar-refractivity contribution in [3.8, 4) is 0 Å². The van der Waals surface area contributed by atoms with Crippen LogP contribution in [0.1, 0.15) is 25.6 Å². The molecule has 8 nitrogen and oxygen atoms in total. The standard InChI is InChI=1S/C12H21N5O3S/c1-2-11-15-7-12(16-11)21(19,20)17(8-10(13)18)9-4-3-5-14-6-9/h7,9,14H,2-6,8H2,1H3,(H2,13,18)(H,15,16). The van der Waals surface area contributed by atoms with Crippen LogP contribution in [-0.4, -0.2) is 54.3 Å². The van der Waals surface area contributed by atoms with E-state index in [1.54, 1.807) is 0 Å². The summed E-state index contributed by atoms with van der Waals surface area (Å²) < 4.78 is 26.6. The smallest absolute Gasteiger partial charge is 0.260 e. The highest BCUT2D eigenvalue weighted by molar-refractivity contribution is 7.89. The van der Waals surface area contributed by atoms with Crippen molar-refractivity contribution in [1.82, 2.24) is 19.6 Å². The molecule has 4 N–H and O–H groups in total. The summed E-state index contributed by atoms with van der Waals surface area (Å²) in [5, 5.41) is 3.15. The van der Waals surface area contributed by atoms with Gasteiger partial charge in [-0.15, -0.1) is 0 Å². The van der Waals surface area contributed by atoms with Gasteiger partial charge in [-0.3, -0.25) is 4.79 Å². The molecule has 1 fully saturated rings. The molecule has 1 aromatic rings. The molecule has 0 aromatic carbocycles. The number of hydrogen-bond donors (Lipinski definition) is 3. The van der Waals surface area contributed by atoms with E-state index in [2.05, 4.69) is 15.3 Å². The van der Waals surface area contributed by atoms with Crippen LogP contribution in [0.2, 0.25) is 0 Å². The van der Waals surface area contributed by atoms with Gasteiger partial charge in [0.1, 0.15) is 5.82 Å². The quantitative estimate of drug-likeness (QED) is 0.634. The Morgan fingerprint density at radius 2 is 2.33 bits per heavy atom. The van der Waals surface area contributed by atoms with Gasteiger partial charge >= 0.3 is 0 Å². The minimum Gasteiger partial charge on any atom is -0.369 e. The number of nitrogens with two attached hydrogens (primary N) is 1. The van der Waals surface area contributed by atoms with E-state index in [0.29, 0.717) is 25.2 Å². The highest BCUT2D eigenvalue weighted by Gasteiger charge is 2.34. The number of carbonyl (C=O) groups excluding carboxylic acids is 1. The number of rotatable bonds is 6. The Morgan fingerprint density at radius 3 is 2.86 bits per heavy atom. The normalized spacial score (nSPS) is 19.8. The van der Waals surface area contributed by atoms with Crippen molar-refractivity contribution in [2.45, 2.75) is 37.3 Å². The lowest BCUT2D eigenvalue weighted by molar-refractivity contribution is -0.118. The molecule has 118 valence electrons. The average Bonchev–Trinajstić information content (AvgIpc) is 2.95. The van der Waals surface area contributed by atoms with Crippen molar-refractivity contribution in [2.24, 2.45) is 5.73 Å². The summed E-state index contributed by atoms with van der Waals surface area (Å²) >= 11 is 0. The number of imidazole rings is 1. The molecule has 0 bridgehead atoms. The van der Waals surface area contributed by atoms with Crippen LogP contribution in [0.4, 0.5) is 0 Å². The molecule has 2 heterocycles. The Bertz CT molecular complexity index is 592. The molecule has 1 saturated heterocycles. The topological polar surface area (TPSA) is 121 Å². The maximum Gasteiger partial charge on any atom is 0.260 e. The number of primary amides is 1. The van der Waals surface area contributed by atoms with Crippen molar-refractivity contribution < 1.29 is 13.2 Å². The number of aromatic nitrogens is 2. The molecule has 21 heavy (non-hydrogen) atoms. The number of nitrogens with zero attached hydrogens (tertiary/aromatic N) is 2. The lowest BCUT2D eigenvalue weighted by Gasteiger charge is -2.32. The summed E-state index contributed by atoms with van der Waals surface area (Å²) in [6.45, 7) is 2.92. The van der Waals surface area contributed by atoms with Gasteiger partial charge in [-0.2, -0.15) is 4.31 Å². The molecule has 1 aliphatic heterocycles. The van der Waals surface area contributed by atoms with Gasteiger partial charge in [0, 0.05) is 19.0 Å². The van der Waals surface area contributed by atoms with E-state index in [0.717, 1.165) is 13.0 Å². The molecule has 1 aliphatic rings. The predicted molar refractivity (Wildman–Crippen MR) is 76.9 cm³/mol. The van der Waals surface area contributed by atoms with Gasteiger partial charge in [-0.05, 0) is 19.4 Å². The number of aryl methyl sites for hydroxylation is 1. The van der Waals surface area contributed by atoms with Crippen LogP contribution in [0, 0.1) is 0 Å². The zero-order chi connectivity index (χ0) is 15.5. The third-order valence-electron chi connectivity index (χ3n) is 3.52. The van der Waals surface area contributed by atoms with Crippen LogP contribution in [0.25, 0.3) is 0 Å². The van der Waals surface area contributed by atoms with Crippen LogP contribution in [0.5, 0.6) is 0 Å². The summed E-state index contributed by atoms with van der Waals surface area (Å²) in [4.78, 5) is 18.1. The third kappa shape index (κ3) is 3.60. The first-order valence-electron chi connectivity index (χ1n) is 7.00. The molecular weight excluding hydrogens is 294 g/mol. The predicted octanol–water partition coefficient (Wildman–Crippen LogP) is -0.800. The Morgan fingerprint density at radius 1 is 1.57 bits per heavy atom. The molecular formula is C12H21N5O3S. The maximum atomic E-state index is 12.7. The number of piperidine rings is 1. The molecule has 2 rings (SSSR count). The van der Waals surface area contributed by atoms with E-state index in [1.165, 1.54) is 10.5 Å². The van der Waals surface area contributed by atoms with E-state index in [-0.39, 0.29) is 17.6 Å². The molecule has 1 amide bonds. The molecule has 0 aliphatic carbocycles. The largest absolute Gasteiger partial charge is 0.369 e. The summed E-state index contributed by atoms with van der Waals surface area (Å²) in [5.74, 6) is -0.0752. The summed E-state index contributed by atoms with van der Waals surface area (Å²) in [6.07, 6.45) is 3.46. The second-order valence-corrected chi connectivity index (χ2v) is 6.92. The fraction of sp³-hybridized carbons (Fsp3) is 0.667. The number of nitrogens with one attached hydrogen (secondary N) is 2. The average molecular weight is 315 g/mol. The Hall–Kier alpha value is -1.45. The van der Waals surface area contributed by atoms with Gasteiger partial charge in [0.2, 0.25) is 5.91 Å². The maximum absolute atomic E-state index is 12.7. The van der Waals surface area contributed by atoms with Gasteiger partial charge < -0.3 is 16.0 Å². The molecule has 1 atom stereocenters. The van der Waals surface area contributed by atoms with Gasteiger partial charge in [0.15, 0.2) is 5.03 Å². The second-order valence-electron chi connectivity index (χ2n) is 5.06. The highest BCUT2D eigenvalue weighted by atomic mass is 32.2. The number of hydrogen-bond acceptors (Lipinski definition) is 5. The lowest BCUT2D eigenvalue weighted by atomic mass is 10.1. The number of amides is 1. The second kappa shape index (κ2) is 6.54. The third-order valence-corrected chi connectivity index (χ3v) is 5.32. The SMILES string of the molecule is CCc1ncc(S(=O)(=O)N(CC(N)=O)C2CCCNC2)[nH]1. The molecule has 0 radical (unpaired) electrons. The van der Waals surface area contributed by atoms with Crippen LogP contribution in [0.3, 0.4) is 0 Å². The summed E-state index contributed by atoms with van der Waals surface area (Å²) in [5.41, 5.74) is 5.21. The Kier molecular flexibility index (Phi) is 4.96. The first-order valence-corrected chi connectivity index (χ1v) is 8.44. The number of aromatic amines is 1.